The van der Waals surface area contributed by atoms with Crippen molar-refractivity contribution in [1.82, 2.24) is 0 Å². The van der Waals surface area contributed by atoms with Crippen LogP contribution in [0.15, 0.2) is 0 Å². The Labute approximate surface area is 83.0 Å². The largest absolute Gasteiger partial charge is 0.678 e. The molecular weight excluding hydrogens is 219 g/mol. The lowest BCUT2D eigenvalue weighted by atomic mass is 10.4. The van der Waals surface area contributed by atoms with Crippen LogP contribution in [0.2, 0.25) is 0 Å². The summed E-state index contributed by atoms with van der Waals surface area (Å²) in [6, 6.07) is 0. The van der Waals surface area contributed by atoms with Crippen molar-refractivity contribution in [2.45, 2.75) is 13.8 Å². The van der Waals surface area contributed by atoms with Crippen molar-refractivity contribution in [2.75, 3.05) is 0 Å². The molecule has 7 nitrogen and oxygen atoms in total. The Kier molecular flexibility index (Phi) is 5.06. The van der Waals surface area contributed by atoms with Gasteiger partial charge in [0, 0.05) is 13.8 Å². The SMILES string of the molecule is CC(=O)OC(OC(C)=O)=[N+]([O-])OB(F)F. The summed E-state index contributed by atoms with van der Waals surface area (Å²) >= 11 is 0. The van der Waals surface area contributed by atoms with Gasteiger partial charge in [-0.25, -0.2) is 0 Å². The summed E-state index contributed by atoms with van der Waals surface area (Å²) in [4.78, 5) is 19.9. The molecule has 0 spiro atoms. The van der Waals surface area contributed by atoms with Gasteiger partial charge in [0.25, 0.3) is 0 Å². The number of carbonyl (C=O) groups is 2. The van der Waals surface area contributed by atoms with Crippen LogP contribution in [0.1, 0.15) is 13.8 Å². The maximum Gasteiger partial charge on any atom is 0.678 e. The van der Waals surface area contributed by atoms with E-state index in [1.54, 1.807) is 0 Å². The highest BCUT2D eigenvalue weighted by atomic mass is 19.2. The molecule has 0 unspecified atom stereocenters. The first kappa shape index (κ1) is 13.1. The molecule has 0 amide bonds. The zero-order chi connectivity index (χ0) is 12.0. The number of hydrogen-bond acceptors (Lipinski definition) is 6. The monoisotopic (exact) mass is 225 g/mol. The number of hydrogen-bond donors (Lipinski definition) is 0. The second kappa shape index (κ2) is 5.78. The maximum atomic E-state index is 11.6. The summed E-state index contributed by atoms with van der Waals surface area (Å²) in [6.07, 6.45) is -1.32. The van der Waals surface area contributed by atoms with Crippen molar-refractivity contribution in [3.05, 3.63) is 5.21 Å². The predicted molar refractivity (Wildman–Crippen MR) is 41.2 cm³/mol. The zero-order valence-corrected chi connectivity index (χ0v) is 7.73. The minimum absolute atomic E-state index is 0.875. The molecule has 0 aliphatic rings. The average molecular weight is 225 g/mol. The molecule has 0 N–H and O–H groups in total. The lowest BCUT2D eigenvalue weighted by molar-refractivity contribution is -0.715. The van der Waals surface area contributed by atoms with Gasteiger partial charge in [-0.3, -0.25) is 23.4 Å². The molecular formula is C5H6BF2NO6. The van der Waals surface area contributed by atoms with Crippen LogP contribution in [0.5, 0.6) is 0 Å². The quantitative estimate of drug-likeness (QED) is 0.162. The summed E-state index contributed by atoms with van der Waals surface area (Å²) in [5, 5.41) is 10.6. The molecule has 0 bridgehead atoms. The fraction of sp³-hybridized carbons (Fsp3) is 0.400. The molecule has 0 heterocycles. The normalized spacial score (nSPS) is 8.80. The van der Waals surface area contributed by atoms with Crippen LogP contribution in [0.4, 0.5) is 8.63 Å². The third-order valence-electron chi connectivity index (χ3n) is 0.787. The Morgan fingerprint density at radius 3 is 1.87 bits per heavy atom. The maximum absolute atomic E-state index is 11.6. The van der Waals surface area contributed by atoms with Gasteiger partial charge in [0.15, 0.2) is 0 Å². The average Bonchev–Trinajstić information content (AvgIpc) is 1.99. The van der Waals surface area contributed by atoms with Gasteiger partial charge in [-0.05, 0) is 0 Å². The Hall–Kier alpha value is -1.87. The van der Waals surface area contributed by atoms with E-state index in [-0.39, 0.29) is 0 Å². The van der Waals surface area contributed by atoms with Crippen molar-refractivity contribution in [3.63, 3.8) is 0 Å². The smallest absolute Gasteiger partial charge is 0.365 e. The van der Waals surface area contributed by atoms with E-state index in [0.717, 1.165) is 13.8 Å². The van der Waals surface area contributed by atoms with Crippen molar-refractivity contribution in [2.24, 2.45) is 0 Å². The highest BCUT2D eigenvalue weighted by Crippen LogP contribution is 1.94. The second-order valence-corrected chi connectivity index (χ2v) is 2.08. The summed E-state index contributed by atoms with van der Waals surface area (Å²) in [5.41, 5.74) is 0. The van der Waals surface area contributed by atoms with E-state index in [0.29, 0.717) is 0 Å². The van der Waals surface area contributed by atoms with E-state index >= 15 is 0 Å². The Morgan fingerprint density at radius 1 is 1.20 bits per heavy atom. The van der Waals surface area contributed by atoms with Gasteiger partial charge in [0.2, 0.25) is 0 Å². The van der Waals surface area contributed by atoms with Crippen molar-refractivity contribution < 1.29 is 37.4 Å². The van der Waals surface area contributed by atoms with Crippen molar-refractivity contribution in [3.8, 4) is 0 Å². The van der Waals surface area contributed by atoms with E-state index in [2.05, 4.69) is 14.2 Å². The molecule has 0 aromatic heterocycles. The lowest BCUT2D eigenvalue weighted by Gasteiger charge is -2.03. The molecule has 84 valence electrons. The summed E-state index contributed by atoms with van der Waals surface area (Å²) in [7, 11) is -3.44. The van der Waals surface area contributed by atoms with E-state index in [4.69, 9.17) is 0 Å². The topological polar surface area (TPSA) is 87.9 Å². The van der Waals surface area contributed by atoms with Crippen LogP contribution < -0.4 is 0 Å². The van der Waals surface area contributed by atoms with Crippen molar-refractivity contribution >= 4 is 25.5 Å². The van der Waals surface area contributed by atoms with Crippen molar-refractivity contribution in [1.29, 1.82) is 0 Å². The fourth-order valence-corrected chi connectivity index (χ4v) is 0.457. The minimum Gasteiger partial charge on any atom is -0.365 e. The van der Waals surface area contributed by atoms with E-state index < -0.39 is 30.4 Å². The molecule has 0 aliphatic heterocycles. The highest BCUT2D eigenvalue weighted by Gasteiger charge is 2.26. The first-order valence-corrected chi connectivity index (χ1v) is 3.49. The van der Waals surface area contributed by atoms with E-state index in [1.807, 2.05) is 0 Å². The van der Waals surface area contributed by atoms with E-state index in [1.165, 1.54) is 0 Å². The van der Waals surface area contributed by atoms with Gasteiger partial charge in [-0.2, -0.15) is 0 Å². The van der Waals surface area contributed by atoms with Gasteiger partial charge >= 0.3 is 25.5 Å². The number of esters is 2. The predicted octanol–water partition coefficient (Wildman–Crippen LogP) is -0.166. The molecule has 0 fully saturated rings. The molecule has 0 saturated carbocycles. The third-order valence-corrected chi connectivity index (χ3v) is 0.787. The Balaban J connectivity index is 4.71. The van der Waals surface area contributed by atoms with Gasteiger partial charge in [0.1, 0.15) is 4.90 Å². The van der Waals surface area contributed by atoms with Gasteiger partial charge in [0.05, 0.1) is 0 Å². The molecule has 0 aromatic rings. The summed E-state index contributed by atoms with van der Waals surface area (Å²) in [5.74, 6) is -2.07. The second-order valence-electron chi connectivity index (χ2n) is 2.08. The molecule has 0 saturated heterocycles. The van der Waals surface area contributed by atoms with E-state index in [9.17, 15) is 23.4 Å². The fourth-order valence-electron chi connectivity index (χ4n) is 0.457. The number of rotatable bonds is 2. The van der Waals surface area contributed by atoms with Crippen LogP contribution >= 0.6 is 0 Å². The summed E-state index contributed by atoms with van der Waals surface area (Å²) < 4.78 is 34.4. The first-order valence-electron chi connectivity index (χ1n) is 3.49. The number of halogens is 2. The standard InChI is InChI=1S/C5H6BF2NO6/c1-3(10)13-5(14-4(2)11)9(12)15-6(7)8/h1-2H3. The molecule has 15 heavy (non-hydrogen) atoms. The third kappa shape index (κ3) is 6.24. The lowest BCUT2D eigenvalue weighted by Crippen LogP contribution is -2.28. The Morgan fingerprint density at radius 2 is 1.60 bits per heavy atom. The van der Waals surface area contributed by atoms with Crippen LogP contribution in [-0.2, 0) is 23.8 Å². The number of ether oxygens (including phenoxy) is 2. The van der Waals surface area contributed by atoms with Crippen LogP contribution in [0, 0.1) is 5.21 Å². The molecule has 10 heteroatoms. The Bertz CT molecular complexity index is 275. The van der Waals surface area contributed by atoms with Gasteiger partial charge in [-0.15, -0.1) is 0 Å². The highest BCUT2D eigenvalue weighted by molar-refractivity contribution is 6.34. The molecule has 0 aromatic carbocycles. The van der Waals surface area contributed by atoms with Crippen LogP contribution in [0.25, 0.3) is 0 Å². The van der Waals surface area contributed by atoms with Crippen LogP contribution in [0.3, 0.4) is 0 Å². The molecule has 0 atom stereocenters. The molecule has 0 aliphatic carbocycles. The zero-order valence-electron chi connectivity index (χ0n) is 7.73. The summed E-state index contributed by atoms with van der Waals surface area (Å²) in [6.45, 7) is 1.75. The van der Waals surface area contributed by atoms with Gasteiger partial charge < -0.3 is 14.2 Å². The van der Waals surface area contributed by atoms with Crippen LogP contribution in [-0.4, -0.2) is 30.4 Å². The minimum atomic E-state index is -3.44. The molecule has 0 radical (unpaired) electrons. The van der Waals surface area contributed by atoms with Gasteiger partial charge in [-0.1, -0.05) is 0 Å². The number of carbonyl (C=O) groups excluding carboxylic acids is 2. The number of nitrogens with zero attached hydrogens (tertiary/aromatic N) is 1. The first-order chi connectivity index (χ1) is 6.82. The molecule has 0 rings (SSSR count).